The maximum absolute atomic E-state index is 12.3. The van der Waals surface area contributed by atoms with Gasteiger partial charge < -0.3 is 20.1 Å². The van der Waals surface area contributed by atoms with Crippen molar-refractivity contribution in [1.82, 2.24) is 5.43 Å². The van der Waals surface area contributed by atoms with Crippen molar-refractivity contribution in [3.8, 4) is 11.5 Å². The van der Waals surface area contributed by atoms with Crippen LogP contribution in [0.15, 0.2) is 84.0 Å². The number of hydrogen-bond acceptors (Lipinski definition) is 6. The molecule has 0 aliphatic rings. The van der Waals surface area contributed by atoms with Crippen LogP contribution < -0.4 is 25.5 Å². The minimum absolute atomic E-state index is 0.0688. The largest absolute Gasteiger partial charge is 0.495 e. The molecule has 180 valence electrons. The van der Waals surface area contributed by atoms with E-state index in [1.807, 2.05) is 30.3 Å². The number of ether oxygens (including phenoxy) is 2. The van der Waals surface area contributed by atoms with Gasteiger partial charge in [0, 0.05) is 11.4 Å². The van der Waals surface area contributed by atoms with Crippen LogP contribution in [0.25, 0.3) is 0 Å². The lowest BCUT2D eigenvalue weighted by Gasteiger charge is -2.09. The Hall–Kier alpha value is -4.66. The molecule has 3 amide bonds. The number of benzene rings is 3. The summed E-state index contributed by atoms with van der Waals surface area (Å²) in [5, 5.41) is 9.02. The first-order chi connectivity index (χ1) is 16.9. The number of anilines is 2. The Morgan fingerprint density at radius 1 is 0.829 bits per heavy atom. The van der Waals surface area contributed by atoms with Gasteiger partial charge in [-0.2, -0.15) is 5.10 Å². The summed E-state index contributed by atoms with van der Waals surface area (Å²) in [5.41, 5.74) is 4.47. The average molecular weight is 475 g/mol. The van der Waals surface area contributed by atoms with E-state index in [0.29, 0.717) is 35.2 Å². The molecular weight excluding hydrogens is 448 g/mol. The molecule has 9 nitrogen and oxygen atoms in total. The summed E-state index contributed by atoms with van der Waals surface area (Å²) in [7, 11) is 1.46. The molecule has 0 radical (unpaired) electrons. The van der Waals surface area contributed by atoms with Crippen LogP contribution in [0.3, 0.4) is 0 Å². The van der Waals surface area contributed by atoms with E-state index in [4.69, 9.17) is 9.47 Å². The molecule has 0 saturated heterocycles. The summed E-state index contributed by atoms with van der Waals surface area (Å²) >= 11 is 0. The van der Waals surface area contributed by atoms with Crippen LogP contribution in [0, 0.1) is 0 Å². The minimum Gasteiger partial charge on any atom is -0.495 e. The first-order valence-electron chi connectivity index (χ1n) is 10.8. The number of methoxy groups -OCH3 is 1. The first kappa shape index (κ1) is 25.0. The van der Waals surface area contributed by atoms with Crippen LogP contribution in [0.5, 0.6) is 11.5 Å². The van der Waals surface area contributed by atoms with Crippen molar-refractivity contribution in [1.29, 1.82) is 0 Å². The molecule has 0 bridgehead atoms. The number of carbonyl (C=O) groups excluding carboxylic acids is 3. The summed E-state index contributed by atoms with van der Waals surface area (Å²) in [6, 6.07) is 23.5. The fraction of sp³-hybridized carbons (Fsp3) is 0.154. The molecule has 0 spiro atoms. The Morgan fingerprint density at radius 2 is 1.51 bits per heavy atom. The Balaban J connectivity index is 1.44. The highest BCUT2D eigenvalue weighted by Crippen LogP contribution is 2.22. The number of rotatable bonds is 9. The molecule has 3 N–H and O–H groups in total. The predicted octanol–water partition coefficient (Wildman–Crippen LogP) is 3.73. The molecule has 9 heteroatoms. The first-order valence-corrected chi connectivity index (χ1v) is 10.8. The number of hydrogen-bond donors (Lipinski definition) is 3. The van der Waals surface area contributed by atoms with Crippen LogP contribution in [0.1, 0.15) is 18.9 Å². The molecule has 35 heavy (non-hydrogen) atoms. The number of nitrogens with zero attached hydrogens (tertiary/aromatic N) is 1. The topological polar surface area (TPSA) is 118 Å². The lowest BCUT2D eigenvalue weighted by Crippen LogP contribution is -2.33. The van der Waals surface area contributed by atoms with Gasteiger partial charge in [0.1, 0.15) is 18.1 Å². The summed E-state index contributed by atoms with van der Waals surface area (Å²) < 4.78 is 10.9. The third-order valence-electron chi connectivity index (χ3n) is 4.71. The Labute approximate surface area is 203 Å². The minimum atomic E-state index is -0.971. The van der Waals surface area contributed by atoms with E-state index in [9.17, 15) is 14.4 Å². The quantitative estimate of drug-likeness (QED) is 0.248. The van der Waals surface area contributed by atoms with Gasteiger partial charge in [0.15, 0.2) is 0 Å². The van der Waals surface area contributed by atoms with Crippen molar-refractivity contribution >= 4 is 34.8 Å². The van der Waals surface area contributed by atoms with Crippen LogP contribution in [-0.2, 0) is 21.0 Å². The zero-order chi connectivity index (χ0) is 25.0. The number of amides is 3. The standard InChI is InChI=1S/C26H26N4O5/c1-18(29-30-26(33)25(32)28-22-10-6-7-11-23(22)34-2)16-24(31)27-20-12-14-21(15-13-20)35-17-19-8-4-3-5-9-19/h3-15H,16-17H2,1-2H3,(H,27,31)(H,28,32)(H,30,33)/b29-18+. The van der Waals surface area contributed by atoms with Gasteiger partial charge in [-0.05, 0) is 48.9 Å². The summed E-state index contributed by atoms with van der Waals surface area (Å²) in [5.74, 6) is -1.11. The van der Waals surface area contributed by atoms with Gasteiger partial charge in [0.05, 0.1) is 19.2 Å². The fourth-order valence-corrected chi connectivity index (χ4v) is 2.98. The van der Waals surface area contributed by atoms with E-state index in [0.717, 1.165) is 5.56 Å². The molecule has 0 unspecified atom stereocenters. The van der Waals surface area contributed by atoms with Crippen molar-refractivity contribution in [2.45, 2.75) is 20.0 Å². The van der Waals surface area contributed by atoms with Gasteiger partial charge in [-0.1, -0.05) is 42.5 Å². The van der Waals surface area contributed by atoms with E-state index >= 15 is 0 Å². The van der Waals surface area contributed by atoms with E-state index in [1.54, 1.807) is 55.5 Å². The third-order valence-corrected chi connectivity index (χ3v) is 4.71. The van der Waals surface area contributed by atoms with Gasteiger partial charge >= 0.3 is 11.8 Å². The molecule has 3 aromatic carbocycles. The molecule has 0 saturated carbocycles. The van der Waals surface area contributed by atoms with Gasteiger partial charge in [0.2, 0.25) is 5.91 Å². The SMILES string of the molecule is COc1ccccc1NC(=O)C(=O)N/N=C(\C)CC(=O)Nc1ccc(OCc2ccccc2)cc1. The second-order valence-electron chi connectivity index (χ2n) is 7.47. The maximum Gasteiger partial charge on any atom is 0.329 e. The highest BCUT2D eigenvalue weighted by atomic mass is 16.5. The Morgan fingerprint density at radius 3 is 2.23 bits per heavy atom. The van der Waals surface area contributed by atoms with Crippen molar-refractivity contribution in [2.75, 3.05) is 17.7 Å². The maximum atomic E-state index is 12.3. The van der Waals surface area contributed by atoms with E-state index < -0.39 is 11.8 Å². The number of hydrazone groups is 1. The van der Waals surface area contributed by atoms with Crippen molar-refractivity contribution in [2.24, 2.45) is 5.10 Å². The fourth-order valence-electron chi connectivity index (χ4n) is 2.98. The number of nitrogens with one attached hydrogen (secondary N) is 3. The van der Waals surface area contributed by atoms with E-state index in [1.165, 1.54) is 7.11 Å². The Kier molecular flexibility index (Phi) is 8.95. The summed E-state index contributed by atoms with van der Waals surface area (Å²) in [6.07, 6.45) is -0.0688. The highest BCUT2D eigenvalue weighted by molar-refractivity contribution is 6.39. The van der Waals surface area contributed by atoms with Crippen LogP contribution in [0.4, 0.5) is 11.4 Å². The third kappa shape index (κ3) is 8.01. The molecule has 0 aromatic heterocycles. The average Bonchev–Trinajstić information content (AvgIpc) is 2.87. The molecule has 0 aliphatic carbocycles. The zero-order valence-electron chi connectivity index (χ0n) is 19.4. The van der Waals surface area contributed by atoms with Gasteiger partial charge in [-0.3, -0.25) is 14.4 Å². The van der Waals surface area contributed by atoms with Crippen LogP contribution in [-0.4, -0.2) is 30.5 Å². The lowest BCUT2D eigenvalue weighted by molar-refractivity contribution is -0.136. The molecular formula is C26H26N4O5. The predicted molar refractivity (Wildman–Crippen MR) is 133 cm³/mol. The van der Waals surface area contributed by atoms with Crippen LogP contribution in [0.2, 0.25) is 0 Å². The second-order valence-corrected chi connectivity index (χ2v) is 7.47. The molecule has 0 heterocycles. The van der Waals surface area contributed by atoms with Crippen LogP contribution >= 0.6 is 0 Å². The molecule has 0 fully saturated rings. The monoisotopic (exact) mass is 474 g/mol. The molecule has 3 rings (SSSR count). The second kappa shape index (κ2) is 12.5. The van der Waals surface area contributed by atoms with Crippen molar-refractivity contribution in [3.05, 3.63) is 84.4 Å². The summed E-state index contributed by atoms with van der Waals surface area (Å²) in [6.45, 7) is 2.02. The molecule has 0 aliphatic heterocycles. The zero-order valence-corrected chi connectivity index (χ0v) is 19.4. The highest BCUT2D eigenvalue weighted by Gasteiger charge is 2.15. The number of para-hydroxylation sites is 2. The van der Waals surface area contributed by atoms with Gasteiger partial charge in [0.25, 0.3) is 0 Å². The van der Waals surface area contributed by atoms with Gasteiger partial charge in [-0.15, -0.1) is 0 Å². The van der Waals surface area contributed by atoms with Gasteiger partial charge in [-0.25, -0.2) is 5.43 Å². The number of carbonyl (C=O) groups is 3. The van der Waals surface area contributed by atoms with Crippen molar-refractivity contribution in [3.63, 3.8) is 0 Å². The Bertz CT molecular complexity index is 1190. The molecule has 3 aromatic rings. The molecule has 0 atom stereocenters. The lowest BCUT2D eigenvalue weighted by atomic mass is 10.2. The van der Waals surface area contributed by atoms with Crippen molar-refractivity contribution < 1.29 is 23.9 Å². The summed E-state index contributed by atoms with van der Waals surface area (Å²) in [4.78, 5) is 36.4. The van der Waals surface area contributed by atoms with E-state index in [2.05, 4.69) is 21.2 Å². The van der Waals surface area contributed by atoms with E-state index in [-0.39, 0.29) is 12.3 Å². The normalized spacial score (nSPS) is 10.7. The smallest absolute Gasteiger partial charge is 0.329 e.